The summed E-state index contributed by atoms with van der Waals surface area (Å²) in [5.74, 6) is 0. The van der Waals surface area contributed by atoms with Crippen molar-refractivity contribution in [3.05, 3.63) is 0 Å². The van der Waals surface area contributed by atoms with Crippen LogP contribution >= 0.6 is 29.4 Å². The van der Waals surface area contributed by atoms with Gasteiger partial charge < -0.3 is 4.90 Å². The van der Waals surface area contributed by atoms with Crippen LogP contribution in [0.3, 0.4) is 0 Å². The molecule has 0 saturated carbocycles. The largest absolute Gasteiger partial charge is 0.303 e. The Morgan fingerprint density at radius 1 is 0.667 bits per heavy atom. The molecule has 0 heterocycles. The minimum Gasteiger partial charge on any atom is -0.303 e. The zero-order valence-electron chi connectivity index (χ0n) is 10.6. The maximum Gasteiger partial charge on any atom is -0.00188 e. The van der Waals surface area contributed by atoms with Gasteiger partial charge in [-0.1, -0.05) is 40.0 Å². The highest BCUT2D eigenvalue weighted by molar-refractivity contribution is 8.93. The van der Waals surface area contributed by atoms with E-state index in [0.717, 1.165) is 0 Å². The fourth-order valence-corrected chi connectivity index (χ4v) is 1.48. The van der Waals surface area contributed by atoms with Crippen molar-refractivity contribution in [2.75, 3.05) is 19.6 Å². The minimum atomic E-state index is 0. The molecule has 0 bridgehead atoms. The molecule has 0 aliphatic heterocycles. The second kappa shape index (κ2) is 17.1. The van der Waals surface area contributed by atoms with E-state index < -0.39 is 0 Å². The Bertz CT molecular complexity index is 82.6. The summed E-state index contributed by atoms with van der Waals surface area (Å²) in [4.78, 5) is 2.64. The third kappa shape index (κ3) is 14.7. The van der Waals surface area contributed by atoms with E-state index in [0.29, 0.717) is 0 Å². The van der Waals surface area contributed by atoms with Crippen molar-refractivity contribution in [3.63, 3.8) is 0 Å². The molecule has 0 saturated heterocycles. The van der Waals surface area contributed by atoms with Crippen LogP contribution in [0, 0.1) is 0 Å². The van der Waals surface area contributed by atoms with Crippen LogP contribution in [0.25, 0.3) is 0 Å². The van der Waals surface area contributed by atoms with E-state index in [1.165, 1.54) is 58.2 Å². The van der Waals surface area contributed by atoms with Gasteiger partial charge in [-0.15, -0.1) is 29.4 Å². The number of rotatable bonds is 9. The van der Waals surface area contributed by atoms with E-state index in [-0.39, 0.29) is 29.4 Å². The maximum absolute atomic E-state index is 2.64. The highest BCUT2D eigenvalue weighted by atomic mass is 79.9. The lowest BCUT2D eigenvalue weighted by Gasteiger charge is -2.21. The van der Waals surface area contributed by atoms with Crippen LogP contribution < -0.4 is 0 Å². The molecule has 0 rings (SSSR count). The third-order valence-corrected chi connectivity index (χ3v) is 2.48. The Hall–Kier alpha value is 0.730. The molecule has 0 unspecified atom stereocenters. The topological polar surface area (TPSA) is 3.24 Å². The zero-order chi connectivity index (χ0) is 9.94. The molecular formula is C12H29BrClN. The Balaban J connectivity index is -0.000000720. The molecule has 1 nitrogen and oxygen atoms in total. The SMILES string of the molecule is Br.CCCCN(CCCC)CCCC.Cl. The van der Waals surface area contributed by atoms with Gasteiger partial charge in [0.2, 0.25) is 0 Å². The van der Waals surface area contributed by atoms with Crippen molar-refractivity contribution in [3.8, 4) is 0 Å². The molecular weight excluding hydrogens is 273 g/mol. The van der Waals surface area contributed by atoms with Crippen molar-refractivity contribution in [1.29, 1.82) is 0 Å². The molecule has 0 aliphatic carbocycles. The lowest BCUT2D eigenvalue weighted by Crippen LogP contribution is -2.27. The zero-order valence-corrected chi connectivity index (χ0v) is 13.2. The van der Waals surface area contributed by atoms with Gasteiger partial charge >= 0.3 is 0 Å². The highest BCUT2D eigenvalue weighted by Gasteiger charge is 2.01. The number of halogens is 2. The van der Waals surface area contributed by atoms with Crippen LogP contribution in [-0.4, -0.2) is 24.5 Å². The van der Waals surface area contributed by atoms with E-state index in [2.05, 4.69) is 25.7 Å². The first-order chi connectivity index (χ1) is 6.35. The van der Waals surface area contributed by atoms with Gasteiger partial charge in [-0.05, 0) is 38.9 Å². The van der Waals surface area contributed by atoms with Crippen LogP contribution in [0.5, 0.6) is 0 Å². The van der Waals surface area contributed by atoms with E-state index in [1.54, 1.807) is 0 Å². The normalized spacial score (nSPS) is 9.60. The molecule has 96 valence electrons. The number of nitrogens with zero attached hydrogens (tertiary/aromatic N) is 1. The first-order valence-electron chi connectivity index (χ1n) is 6.07. The molecule has 0 aromatic heterocycles. The van der Waals surface area contributed by atoms with Gasteiger partial charge in [-0.2, -0.15) is 0 Å². The number of unbranched alkanes of at least 4 members (excludes halogenated alkanes) is 3. The summed E-state index contributed by atoms with van der Waals surface area (Å²) >= 11 is 0. The standard InChI is InChI=1S/C12H27N.BrH.ClH/c1-4-7-10-13(11-8-5-2)12-9-6-3;;/h4-12H2,1-3H3;2*1H. The van der Waals surface area contributed by atoms with Crippen LogP contribution in [0.2, 0.25) is 0 Å². The van der Waals surface area contributed by atoms with Gasteiger partial charge in [0.25, 0.3) is 0 Å². The molecule has 0 aromatic rings. The highest BCUT2D eigenvalue weighted by Crippen LogP contribution is 2.01. The number of hydrogen-bond donors (Lipinski definition) is 0. The van der Waals surface area contributed by atoms with Gasteiger partial charge in [0.15, 0.2) is 0 Å². The second-order valence-corrected chi connectivity index (χ2v) is 3.90. The summed E-state index contributed by atoms with van der Waals surface area (Å²) in [6.07, 6.45) is 8.09. The quantitative estimate of drug-likeness (QED) is 0.597. The molecule has 0 aromatic carbocycles. The van der Waals surface area contributed by atoms with Crippen molar-refractivity contribution in [2.24, 2.45) is 0 Å². The Kier molecular flexibility index (Phi) is 24.1. The number of hydrogen-bond acceptors (Lipinski definition) is 1. The first kappa shape index (κ1) is 21.1. The monoisotopic (exact) mass is 301 g/mol. The molecule has 15 heavy (non-hydrogen) atoms. The van der Waals surface area contributed by atoms with E-state index in [9.17, 15) is 0 Å². The van der Waals surface area contributed by atoms with Crippen LogP contribution in [0.4, 0.5) is 0 Å². The fourth-order valence-electron chi connectivity index (χ4n) is 1.48. The molecule has 0 atom stereocenters. The lowest BCUT2D eigenvalue weighted by molar-refractivity contribution is 0.261. The van der Waals surface area contributed by atoms with Crippen LogP contribution in [0.15, 0.2) is 0 Å². The summed E-state index contributed by atoms with van der Waals surface area (Å²) in [5.41, 5.74) is 0. The summed E-state index contributed by atoms with van der Waals surface area (Å²) in [6, 6.07) is 0. The van der Waals surface area contributed by atoms with Gasteiger partial charge in [-0.25, -0.2) is 0 Å². The van der Waals surface area contributed by atoms with Crippen molar-refractivity contribution < 1.29 is 0 Å². The van der Waals surface area contributed by atoms with Gasteiger partial charge in [0.1, 0.15) is 0 Å². The molecule has 0 amide bonds. The molecule has 0 fully saturated rings. The summed E-state index contributed by atoms with van der Waals surface area (Å²) < 4.78 is 0. The van der Waals surface area contributed by atoms with E-state index in [4.69, 9.17) is 0 Å². The molecule has 0 N–H and O–H groups in total. The molecule has 0 radical (unpaired) electrons. The summed E-state index contributed by atoms with van der Waals surface area (Å²) in [5, 5.41) is 0. The Morgan fingerprint density at radius 2 is 0.933 bits per heavy atom. The van der Waals surface area contributed by atoms with Crippen LogP contribution in [-0.2, 0) is 0 Å². The average molecular weight is 303 g/mol. The fraction of sp³-hybridized carbons (Fsp3) is 1.00. The second-order valence-electron chi connectivity index (χ2n) is 3.90. The Labute approximate surface area is 113 Å². The molecule has 0 spiro atoms. The van der Waals surface area contributed by atoms with Gasteiger partial charge in [-0.3, -0.25) is 0 Å². The predicted octanol–water partition coefficient (Wildman–Crippen LogP) is 4.69. The predicted molar refractivity (Wildman–Crippen MR) is 78.7 cm³/mol. The molecule has 0 aliphatic rings. The minimum absolute atomic E-state index is 0. The summed E-state index contributed by atoms with van der Waals surface area (Å²) in [7, 11) is 0. The summed E-state index contributed by atoms with van der Waals surface area (Å²) in [6.45, 7) is 10.8. The lowest BCUT2D eigenvalue weighted by atomic mass is 10.2. The van der Waals surface area contributed by atoms with Crippen LogP contribution in [0.1, 0.15) is 59.3 Å². The first-order valence-corrected chi connectivity index (χ1v) is 6.07. The molecule has 3 heteroatoms. The van der Waals surface area contributed by atoms with E-state index >= 15 is 0 Å². The Morgan fingerprint density at radius 3 is 1.13 bits per heavy atom. The van der Waals surface area contributed by atoms with Crippen molar-refractivity contribution in [2.45, 2.75) is 59.3 Å². The van der Waals surface area contributed by atoms with E-state index in [1.807, 2.05) is 0 Å². The van der Waals surface area contributed by atoms with Gasteiger partial charge in [0.05, 0.1) is 0 Å². The third-order valence-electron chi connectivity index (χ3n) is 2.48. The average Bonchev–Trinajstić information content (AvgIpc) is 2.17. The van der Waals surface area contributed by atoms with Crippen molar-refractivity contribution >= 4 is 29.4 Å². The maximum atomic E-state index is 2.64. The smallest absolute Gasteiger partial charge is 0.00188 e. The van der Waals surface area contributed by atoms with Gasteiger partial charge in [0, 0.05) is 0 Å². The van der Waals surface area contributed by atoms with Crippen molar-refractivity contribution in [1.82, 2.24) is 4.90 Å².